The number of nitrogens with two attached hydrogens (primary N) is 1. The first-order valence-electron chi connectivity index (χ1n) is 7.84. The second kappa shape index (κ2) is 5.45. The van der Waals surface area contributed by atoms with Crippen LogP contribution < -0.4 is 5.73 Å². The lowest BCUT2D eigenvalue weighted by atomic mass is 9.70. The Morgan fingerprint density at radius 2 is 2.00 bits per heavy atom. The van der Waals surface area contributed by atoms with Crippen LogP contribution in [0.5, 0.6) is 0 Å². The first-order valence-corrected chi connectivity index (χ1v) is 8.65. The molecule has 2 nitrogen and oxygen atoms in total. The summed E-state index contributed by atoms with van der Waals surface area (Å²) in [4.78, 5) is 6.37. The largest absolute Gasteiger partial charge is 0.399 e. The minimum Gasteiger partial charge on any atom is -0.399 e. The number of fused-ring (bicyclic) bond motifs is 1. The van der Waals surface area contributed by atoms with Crippen LogP contribution in [0.25, 0.3) is 10.6 Å². The summed E-state index contributed by atoms with van der Waals surface area (Å²) >= 11 is 1.87. The molecule has 112 valence electrons. The van der Waals surface area contributed by atoms with Gasteiger partial charge in [-0.1, -0.05) is 27.2 Å². The van der Waals surface area contributed by atoms with Crippen molar-refractivity contribution in [2.45, 2.75) is 46.5 Å². The van der Waals surface area contributed by atoms with E-state index in [9.17, 15) is 0 Å². The monoisotopic (exact) mass is 300 g/mol. The van der Waals surface area contributed by atoms with Gasteiger partial charge in [-0.2, -0.15) is 0 Å². The molecule has 1 unspecified atom stereocenters. The molecule has 0 fully saturated rings. The first-order chi connectivity index (χ1) is 9.99. The molecule has 1 aliphatic rings. The number of anilines is 1. The molecule has 1 atom stereocenters. The molecular formula is C18H24N2S. The molecule has 0 radical (unpaired) electrons. The zero-order chi connectivity index (χ0) is 15.0. The Labute approximate surface area is 131 Å². The number of thiazole rings is 1. The number of rotatable bonds is 3. The predicted molar refractivity (Wildman–Crippen MR) is 91.5 cm³/mol. The number of aryl methyl sites for hydroxylation is 1. The van der Waals surface area contributed by atoms with Gasteiger partial charge in [0.1, 0.15) is 5.01 Å². The van der Waals surface area contributed by atoms with Crippen molar-refractivity contribution in [1.82, 2.24) is 4.98 Å². The van der Waals surface area contributed by atoms with Crippen LogP contribution in [0.15, 0.2) is 24.3 Å². The molecule has 0 amide bonds. The quantitative estimate of drug-likeness (QED) is 0.816. The summed E-state index contributed by atoms with van der Waals surface area (Å²) in [5, 5.41) is 1.15. The van der Waals surface area contributed by atoms with E-state index in [0.717, 1.165) is 23.0 Å². The van der Waals surface area contributed by atoms with E-state index < -0.39 is 0 Å². The van der Waals surface area contributed by atoms with E-state index in [4.69, 9.17) is 10.7 Å². The Kier molecular flexibility index (Phi) is 3.78. The molecule has 1 aliphatic carbocycles. The highest BCUT2D eigenvalue weighted by Gasteiger charge is 2.32. The van der Waals surface area contributed by atoms with Gasteiger partial charge in [-0.3, -0.25) is 0 Å². The van der Waals surface area contributed by atoms with Gasteiger partial charge in [-0.25, -0.2) is 4.98 Å². The van der Waals surface area contributed by atoms with E-state index >= 15 is 0 Å². The fourth-order valence-corrected chi connectivity index (χ4v) is 4.27. The van der Waals surface area contributed by atoms with Gasteiger partial charge in [0, 0.05) is 16.1 Å². The molecule has 2 aromatic rings. The van der Waals surface area contributed by atoms with Crippen LogP contribution >= 0.6 is 11.3 Å². The normalized spacial score (nSPS) is 18.5. The third kappa shape index (κ3) is 2.84. The van der Waals surface area contributed by atoms with E-state index in [0.29, 0.717) is 5.41 Å². The molecule has 0 spiro atoms. The number of hydrogen-bond donors (Lipinski definition) is 1. The molecule has 2 N–H and O–H groups in total. The number of benzene rings is 1. The van der Waals surface area contributed by atoms with Crippen molar-refractivity contribution in [3.63, 3.8) is 0 Å². The van der Waals surface area contributed by atoms with Crippen molar-refractivity contribution in [2.75, 3.05) is 5.73 Å². The summed E-state index contributed by atoms with van der Waals surface area (Å²) in [6.07, 6.45) is 4.85. The van der Waals surface area contributed by atoms with E-state index in [1.54, 1.807) is 0 Å². The number of nitrogens with zero attached hydrogens (tertiary/aromatic N) is 1. The summed E-state index contributed by atoms with van der Waals surface area (Å²) in [6.45, 7) is 7.12. The minimum atomic E-state index is 0.434. The van der Waals surface area contributed by atoms with Gasteiger partial charge in [0.2, 0.25) is 0 Å². The van der Waals surface area contributed by atoms with Crippen molar-refractivity contribution >= 4 is 17.0 Å². The zero-order valence-electron chi connectivity index (χ0n) is 13.1. The molecule has 0 aliphatic heterocycles. The molecule has 0 bridgehead atoms. The van der Waals surface area contributed by atoms with E-state index in [-0.39, 0.29) is 0 Å². The van der Waals surface area contributed by atoms with Gasteiger partial charge in [0.15, 0.2) is 0 Å². The summed E-state index contributed by atoms with van der Waals surface area (Å²) in [6, 6.07) is 8.07. The van der Waals surface area contributed by atoms with Crippen LogP contribution in [-0.2, 0) is 12.8 Å². The number of nitrogen functional groups attached to an aromatic ring is 1. The standard InChI is InChI=1S/C18H24N2S/c1-4-18(2,3)13-7-10-15-16(11-13)21-17(20-15)12-5-8-14(19)9-6-12/h5-6,8-9,13H,4,7,10-11,19H2,1-3H3. The number of aromatic nitrogens is 1. The Morgan fingerprint density at radius 1 is 1.29 bits per heavy atom. The molecule has 0 saturated heterocycles. The lowest BCUT2D eigenvalue weighted by molar-refractivity contribution is 0.183. The van der Waals surface area contributed by atoms with Crippen molar-refractivity contribution in [3.8, 4) is 10.6 Å². The summed E-state index contributed by atoms with van der Waals surface area (Å²) < 4.78 is 0. The SMILES string of the molecule is CCC(C)(C)C1CCc2nc(-c3ccc(N)cc3)sc2C1. The van der Waals surface area contributed by atoms with Gasteiger partial charge >= 0.3 is 0 Å². The first kappa shape index (κ1) is 14.6. The van der Waals surface area contributed by atoms with Gasteiger partial charge in [0.05, 0.1) is 5.69 Å². The molecule has 0 saturated carbocycles. The highest BCUT2D eigenvalue weighted by Crippen LogP contribution is 2.42. The second-order valence-corrected chi connectivity index (χ2v) is 7.88. The second-order valence-electron chi connectivity index (χ2n) is 6.79. The average Bonchev–Trinajstić information content (AvgIpc) is 2.90. The summed E-state index contributed by atoms with van der Waals surface area (Å²) in [5.74, 6) is 0.787. The van der Waals surface area contributed by atoms with E-state index in [1.807, 2.05) is 23.5 Å². The maximum atomic E-state index is 5.77. The minimum absolute atomic E-state index is 0.434. The number of hydrogen-bond acceptors (Lipinski definition) is 3. The zero-order valence-corrected chi connectivity index (χ0v) is 14.0. The topological polar surface area (TPSA) is 38.9 Å². The van der Waals surface area contributed by atoms with Crippen LogP contribution in [-0.4, -0.2) is 4.98 Å². The fraction of sp³-hybridized carbons (Fsp3) is 0.500. The maximum Gasteiger partial charge on any atom is 0.123 e. The van der Waals surface area contributed by atoms with Gasteiger partial charge in [0.25, 0.3) is 0 Å². The van der Waals surface area contributed by atoms with Crippen LogP contribution in [0, 0.1) is 11.3 Å². The van der Waals surface area contributed by atoms with Gasteiger partial charge in [-0.15, -0.1) is 11.3 Å². The Morgan fingerprint density at radius 3 is 2.67 bits per heavy atom. The summed E-state index contributed by atoms with van der Waals surface area (Å²) in [5.41, 5.74) is 9.53. The third-order valence-electron chi connectivity index (χ3n) is 5.11. The van der Waals surface area contributed by atoms with Crippen molar-refractivity contribution < 1.29 is 0 Å². The molecule has 3 heteroatoms. The Hall–Kier alpha value is -1.35. The molecule has 1 aromatic heterocycles. The predicted octanol–water partition coefficient (Wildman–Crippen LogP) is 4.93. The van der Waals surface area contributed by atoms with Crippen LogP contribution in [0.2, 0.25) is 0 Å². The fourth-order valence-electron chi connectivity index (χ4n) is 3.08. The lowest BCUT2D eigenvalue weighted by Crippen LogP contribution is -2.28. The highest BCUT2D eigenvalue weighted by molar-refractivity contribution is 7.15. The van der Waals surface area contributed by atoms with Crippen LogP contribution in [0.4, 0.5) is 5.69 Å². The molecule has 3 rings (SSSR count). The van der Waals surface area contributed by atoms with Gasteiger partial charge < -0.3 is 5.73 Å². The van der Waals surface area contributed by atoms with E-state index in [2.05, 4.69) is 32.9 Å². The average molecular weight is 300 g/mol. The molecular weight excluding hydrogens is 276 g/mol. The van der Waals surface area contributed by atoms with Crippen LogP contribution in [0.3, 0.4) is 0 Å². The Balaban J connectivity index is 1.86. The molecule has 1 heterocycles. The third-order valence-corrected chi connectivity index (χ3v) is 6.28. The summed E-state index contributed by atoms with van der Waals surface area (Å²) in [7, 11) is 0. The van der Waals surface area contributed by atoms with Crippen LogP contribution in [0.1, 0.15) is 44.2 Å². The van der Waals surface area contributed by atoms with Crippen molar-refractivity contribution in [1.29, 1.82) is 0 Å². The molecule has 1 aromatic carbocycles. The lowest BCUT2D eigenvalue weighted by Gasteiger charge is -2.35. The van der Waals surface area contributed by atoms with Crippen molar-refractivity contribution in [2.24, 2.45) is 11.3 Å². The van der Waals surface area contributed by atoms with Crippen molar-refractivity contribution in [3.05, 3.63) is 34.8 Å². The van der Waals surface area contributed by atoms with E-state index in [1.165, 1.54) is 35.4 Å². The highest BCUT2D eigenvalue weighted by atomic mass is 32.1. The smallest absolute Gasteiger partial charge is 0.123 e. The van der Waals surface area contributed by atoms with Gasteiger partial charge in [-0.05, 0) is 54.9 Å². The maximum absolute atomic E-state index is 5.77. The Bertz CT molecular complexity index is 625. The molecule has 21 heavy (non-hydrogen) atoms.